The van der Waals surface area contributed by atoms with E-state index in [2.05, 4.69) is 15.0 Å². The third-order valence-corrected chi connectivity index (χ3v) is 5.46. The first-order valence-corrected chi connectivity index (χ1v) is 11.3. The van der Waals surface area contributed by atoms with E-state index >= 15 is 0 Å². The molecule has 37 heavy (non-hydrogen) atoms. The molecule has 1 N–H and O–H groups in total. The van der Waals surface area contributed by atoms with Crippen molar-refractivity contribution in [2.24, 2.45) is 0 Å². The molecule has 12 heteroatoms. The van der Waals surface area contributed by atoms with Crippen LogP contribution in [0.1, 0.15) is 44.9 Å². The van der Waals surface area contributed by atoms with Crippen molar-refractivity contribution >= 4 is 29.3 Å². The van der Waals surface area contributed by atoms with Crippen LogP contribution in [-0.2, 0) is 11.2 Å². The molecule has 188 valence electrons. The summed E-state index contributed by atoms with van der Waals surface area (Å²) in [4.78, 5) is 41.1. The molecule has 2 aromatic heterocycles. The number of benzene rings is 1. The molecule has 1 aromatic carbocycles. The third-order valence-electron chi connectivity index (χ3n) is 4.64. The van der Waals surface area contributed by atoms with E-state index in [0.29, 0.717) is 23.5 Å². The van der Waals surface area contributed by atoms with Gasteiger partial charge in [0.15, 0.2) is 5.78 Å². The first-order valence-electron chi connectivity index (χ1n) is 12.0. The summed E-state index contributed by atoms with van der Waals surface area (Å²) in [7, 11) is -2.85. The van der Waals surface area contributed by atoms with E-state index in [1.165, 1.54) is 55.7 Å². The van der Waals surface area contributed by atoms with Crippen LogP contribution in [0.4, 0.5) is 9.18 Å². The molecule has 0 fully saturated rings. The monoisotopic (exact) mass is 539 g/mol. The SMILES string of the molecule is [2H]C([2H])([2H])OC(=O)N/C=C/CCCc1cc([O-])c(C(=O)C(C)=Cc2cnc(Oc3ccc(F)cc3)s2)c(=O)o1.[Na+]. The van der Waals surface area contributed by atoms with Gasteiger partial charge >= 0.3 is 41.3 Å². The van der Waals surface area contributed by atoms with Crippen LogP contribution in [0, 0.1) is 5.82 Å². The van der Waals surface area contributed by atoms with Crippen molar-refractivity contribution < 1.29 is 66.6 Å². The summed E-state index contributed by atoms with van der Waals surface area (Å²) in [6.07, 6.45) is 5.54. The zero-order chi connectivity index (χ0) is 28.6. The van der Waals surface area contributed by atoms with Crippen molar-refractivity contribution in [1.82, 2.24) is 10.3 Å². The van der Waals surface area contributed by atoms with Gasteiger partial charge in [0, 0.05) is 18.8 Å². The van der Waals surface area contributed by atoms with Crippen LogP contribution in [-0.4, -0.2) is 23.9 Å². The van der Waals surface area contributed by atoms with Gasteiger partial charge in [0.2, 0.25) is 0 Å². The maximum atomic E-state index is 13.0. The molecule has 0 atom stereocenters. The normalized spacial score (nSPS) is 12.7. The zero-order valence-electron chi connectivity index (χ0n) is 22.9. The number of rotatable bonds is 10. The van der Waals surface area contributed by atoms with Gasteiger partial charge in [-0.25, -0.2) is 19.0 Å². The minimum atomic E-state index is -2.85. The standard InChI is InChI=1S/C25H23FN2O7S.Na/c1-15(12-19-14-28-25(36-19)35-17-9-7-16(26)8-10-17)22(30)21-20(29)13-18(34-23(21)31)6-4-3-5-11-27-24(32)33-2;/h5,7-14,29H,3-4,6H2,1-2H3,(H,27,32);/q;+1/p-1/b11-5+,15-12?;/i2D3;. The Balaban J connectivity index is 0.00000560. The van der Waals surface area contributed by atoms with Gasteiger partial charge in [-0.05, 0) is 61.7 Å². The second kappa shape index (κ2) is 14.5. The van der Waals surface area contributed by atoms with Crippen molar-refractivity contribution in [3.05, 3.63) is 86.8 Å². The largest absolute Gasteiger partial charge is 1.00 e. The van der Waals surface area contributed by atoms with Crippen molar-refractivity contribution in [3.8, 4) is 16.7 Å². The number of aromatic nitrogens is 1. The first-order chi connectivity index (χ1) is 18.4. The summed E-state index contributed by atoms with van der Waals surface area (Å²) in [6.45, 7) is 1.45. The number of hydrogen-bond acceptors (Lipinski definition) is 9. The smallest absolute Gasteiger partial charge is 0.872 e. The molecule has 0 bridgehead atoms. The number of halogens is 1. The van der Waals surface area contributed by atoms with E-state index in [4.69, 9.17) is 13.3 Å². The van der Waals surface area contributed by atoms with Crippen LogP contribution in [0.3, 0.4) is 0 Å². The molecule has 3 aromatic rings. The Morgan fingerprint density at radius 1 is 1.32 bits per heavy atom. The fourth-order valence-electron chi connectivity index (χ4n) is 2.94. The molecule has 0 aliphatic rings. The van der Waals surface area contributed by atoms with Gasteiger partial charge in [0.25, 0.3) is 5.19 Å². The molecule has 0 aliphatic carbocycles. The average molecular weight is 540 g/mol. The Kier molecular flexibility index (Phi) is 9.94. The second-order valence-electron chi connectivity index (χ2n) is 7.31. The van der Waals surface area contributed by atoms with Gasteiger partial charge in [-0.2, -0.15) is 0 Å². The molecular weight excluding hydrogens is 514 g/mol. The molecule has 9 nitrogen and oxygen atoms in total. The number of hydrogen-bond donors (Lipinski definition) is 1. The number of carbonyl (C=O) groups excluding carboxylic acids is 2. The first kappa shape index (κ1) is 25.4. The van der Waals surface area contributed by atoms with E-state index in [-0.39, 0.29) is 52.5 Å². The van der Waals surface area contributed by atoms with Gasteiger partial charge < -0.3 is 19.0 Å². The molecule has 0 saturated carbocycles. The predicted molar refractivity (Wildman–Crippen MR) is 129 cm³/mol. The summed E-state index contributed by atoms with van der Waals surface area (Å²) < 4.78 is 48.3. The van der Waals surface area contributed by atoms with Gasteiger partial charge in [-0.15, -0.1) is 0 Å². The predicted octanol–water partition coefficient (Wildman–Crippen LogP) is 1.58. The number of allylic oxidation sites excluding steroid dienone is 2. The minimum Gasteiger partial charge on any atom is -0.872 e. The number of alkyl carbamates (subject to hydrolysis) is 1. The van der Waals surface area contributed by atoms with Crippen LogP contribution in [0.15, 0.2) is 63.6 Å². The summed E-state index contributed by atoms with van der Waals surface area (Å²) in [6, 6.07) is 6.45. The molecular formula is C25H22FN2NaO7S. The van der Waals surface area contributed by atoms with Gasteiger partial charge in [0.05, 0.1) is 21.6 Å². The molecule has 0 spiro atoms. The maximum Gasteiger partial charge on any atom is 1.00 e. The Hall–Kier alpha value is -3.25. The van der Waals surface area contributed by atoms with E-state index < -0.39 is 41.7 Å². The van der Waals surface area contributed by atoms with Crippen molar-refractivity contribution in [3.63, 3.8) is 0 Å². The molecule has 0 unspecified atom stereocenters. The number of unbranched alkanes of at least 4 members (excludes halogenated alkanes) is 1. The number of nitrogens with one attached hydrogen (secondary N) is 1. The number of methoxy groups -OCH3 is 1. The molecule has 0 radical (unpaired) electrons. The molecule has 2 heterocycles. The molecule has 0 saturated heterocycles. The fraction of sp³-hybridized carbons (Fsp3) is 0.200. The fourth-order valence-corrected chi connectivity index (χ4v) is 3.73. The number of carbonyl (C=O) groups is 2. The molecule has 0 aliphatic heterocycles. The number of aryl methyl sites for hydroxylation is 1. The van der Waals surface area contributed by atoms with Gasteiger partial charge in [-0.1, -0.05) is 23.2 Å². The van der Waals surface area contributed by atoms with Crippen molar-refractivity contribution in [1.29, 1.82) is 0 Å². The van der Waals surface area contributed by atoms with Crippen molar-refractivity contribution in [2.75, 3.05) is 7.04 Å². The van der Waals surface area contributed by atoms with E-state index in [1.54, 1.807) is 0 Å². The summed E-state index contributed by atoms with van der Waals surface area (Å²) in [5.74, 6) is -1.49. The number of ketones is 1. The Bertz CT molecular complexity index is 1450. The topological polar surface area (TPSA) is 131 Å². The van der Waals surface area contributed by atoms with Crippen LogP contribution < -0.4 is 50.3 Å². The van der Waals surface area contributed by atoms with Gasteiger partial charge in [0.1, 0.15) is 17.3 Å². The van der Waals surface area contributed by atoms with E-state index in [0.717, 1.165) is 17.4 Å². The molecule has 1 amide bonds. The third kappa shape index (κ3) is 8.97. The Morgan fingerprint density at radius 2 is 2.08 bits per heavy atom. The zero-order valence-corrected chi connectivity index (χ0v) is 22.7. The molecule has 3 rings (SSSR count). The van der Waals surface area contributed by atoms with Gasteiger partial charge in [-0.3, -0.25) is 10.1 Å². The minimum absolute atomic E-state index is 0. The Morgan fingerprint density at radius 3 is 2.78 bits per heavy atom. The van der Waals surface area contributed by atoms with Crippen LogP contribution in [0.25, 0.3) is 6.08 Å². The van der Waals surface area contributed by atoms with E-state index in [1.807, 2.05) is 0 Å². The second-order valence-corrected chi connectivity index (χ2v) is 8.33. The van der Waals surface area contributed by atoms with E-state index in [9.17, 15) is 23.9 Å². The summed E-state index contributed by atoms with van der Waals surface area (Å²) >= 11 is 1.11. The number of Topliss-reactive ketones (excluding diaryl/α,β-unsaturated/α-hetero) is 1. The number of amides is 1. The summed E-state index contributed by atoms with van der Waals surface area (Å²) in [5.41, 5.74) is -1.56. The van der Waals surface area contributed by atoms with Crippen molar-refractivity contribution in [2.45, 2.75) is 26.2 Å². The average Bonchev–Trinajstić information content (AvgIpc) is 3.27. The maximum absolute atomic E-state index is 13.0. The van der Waals surface area contributed by atoms with Crippen LogP contribution in [0.5, 0.6) is 16.7 Å². The summed E-state index contributed by atoms with van der Waals surface area (Å²) in [5, 5.41) is 14.9. The Labute approximate surface area is 242 Å². The number of nitrogens with zero attached hydrogens (tertiary/aromatic N) is 1. The quantitative estimate of drug-likeness (QED) is 0.178. The number of ether oxygens (including phenoxy) is 2. The van der Waals surface area contributed by atoms with Crippen LogP contribution in [0.2, 0.25) is 0 Å². The number of thiazole rings is 1. The van der Waals surface area contributed by atoms with Crippen LogP contribution >= 0.6 is 11.3 Å².